The zero-order valence-corrected chi connectivity index (χ0v) is 48.9. The maximum Gasteiger partial charge on any atom is 0.490 e. The number of aromatic nitrogens is 2. The number of carbonyl (C=O) groups excluding carboxylic acids is 2. The molecular formula is C48H66N6O22P3S2+. The van der Waals surface area contributed by atoms with Crippen molar-refractivity contribution in [2.24, 2.45) is 0 Å². The van der Waals surface area contributed by atoms with Crippen molar-refractivity contribution in [3.63, 3.8) is 0 Å². The maximum atomic E-state index is 13.1. The Morgan fingerprint density at radius 3 is 2.33 bits per heavy atom. The van der Waals surface area contributed by atoms with Gasteiger partial charge in [0, 0.05) is 84.5 Å². The number of allylic oxidation sites excluding steroid dienone is 4. The van der Waals surface area contributed by atoms with Crippen LogP contribution in [0.1, 0.15) is 109 Å². The molecule has 33 heteroatoms. The predicted octanol–water partition coefficient (Wildman–Crippen LogP) is 5.51. The average Bonchev–Trinajstić information content (AvgIpc) is 4.18. The number of aliphatic hydroxyl groups excluding tert-OH is 1. The molecule has 3 aliphatic rings. The Labute approximate surface area is 469 Å². The van der Waals surface area contributed by atoms with E-state index in [1.807, 2.05) is 44.2 Å². The summed E-state index contributed by atoms with van der Waals surface area (Å²) in [5, 5.41) is 28.6. The third-order valence-corrected chi connectivity index (χ3v) is 18.9. The molecule has 3 unspecified atom stereocenters. The normalized spacial score (nSPS) is 21.9. The zero-order chi connectivity index (χ0) is 59.7. The standard InChI is InChI=1S/C48H65N6O22P3S2/c1-6-52-36-21-19-32(80-74-73-60)26-34(36)47(3,4)40(52)15-11-16-41-48(5,35-27-33(81(68,69)70)20-22-37(35)53(41)7-2)23-12-18-43(57)49-24-10-8-9-17-42(56)50-25-13-14-31-29-54(46(59)51-45(31)58)44-28-38(55)39(72-44)30-71-78(64,65)76-79(66,67)75-77(61,62)63/h11,13-16,19-22,26-27,29,38-39,44,55H,6-10,12,17-18,23-25,28,30H2,1-5H3,(H8-,49,50,51,56,57,58,59,60,61,62,63,64,65,66,67,68,69,70)/p+1/b14-13+/t38-,39-,44-,48?/m1/s1. The van der Waals surface area contributed by atoms with Crippen molar-refractivity contribution in [3.8, 4) is 0 Å². The van der Waals surface area contributed by atoms with Gasteiger partial charge in [0.2, 0.25) is 17.5 Å². The molecular weight excluding hydrogens is 1170 g/mol. The first-order valence-electron chi connectivity index (χ1n) is 25.3. The average molecular weight is 1240 g/mol. The Kier molecular flexibility index (Phi) is 22.0. The van der Waals surface area contributed by atoms with Gasteiger partial charge in [0.05, 0.1) is 40.6 Å². The molecule has 0 aliphatic carbocycles. The number of H-pyrrole nitrogens is 1. The number of amides is 2. The number of hydrogen-bond acceptors (Lipinski definition) is 19. The molecule has 6 atom stereocenters. The third-order valence-electron chi connectivity index (χ3n) is 13.7. The molecule has 1 aromatic heterocycles. The van der Waals surface area contributed by atoms with E-state index in [4.69, 9.17) is 19.8 Å². The van der Waals surface area contributed by atoms with Crippen LogP contribution in [0.4, 0.5) is 11.4 Å². The van der Waals surface area contributed by atoms with E-state index >= 15 is 0 Å². The van der Waals surface area contributed by atoms with E-state index in [1.54, 1.807) is 6.07 Å². The highest BCUT2D eigenvalue weighted by Crippen LogP contribution is 2.66. The molecule has 6 rings (SSSR count). The molecule has 3 aromatic rings. The lowest BCUT2D eigenvalue weighted by molar-refractivity contribution is -0.433. The van der Waals surface area contributed by atoms with Gasteiger partial charge >= 0.3 is 29.2 Å². The Morgan fingerprint density at radius 2 is 1.65 bits per heavy atom. The quantitative estimate of drug-likeness (QED) is 0.00778. The van der Waals surface area contributed by atoms with Crippen molar-refractivity contribution in [1.82, 2.24) is 20.2 Å². The fourth-order valence-corrected chi connectivity index (χ4v) is 13.9. The minimum Gasteiger partial charge on any atom is -0.390 e. The van der Waals surface area contributed by atoms with Gasteiger partial charge in [-0.3, -0.25) is 33.0 Å². The summed E-state index contributed by atoms with van der Waals surface area (Å²) in [6, 6.07) is 10.4. The number of nitrogens with zero attached hydrogens (tertiary/aromatic N) is 3. The molecule has 0 saturated carbocycles. The first-order chi connectivity index (χ1) is 37.9. The van der Waals surface area contributed by atoms with Gasteiger partial charge in [-0.05, 0) is 102 Å². The first kappa shape index (κ1) is 65.4. The molecule has 4 heterocycles. The van der Waals surface area contributed by atoms with Crippen LogP contribution in [0, 0.1) is 0 Å². The van der Waals surface area contributed by atoms with Crippen LogP contribution < -0.4 is 26.8 Å². The number of likely N-dealkylation sites (N-methyl/N-ethyl adjacent to an activating group) is 1. The number of unbranched alkanes of at least 4 members (excludes halogenated alkanes) is 2. The number of benzene rings is 2. The van der Waals surface area contributed by atoms with E-state index in [-0.39, 0.29) is 48.1 Å². The van der Waals surface area contributed by atoms with Crippen molar-refractivity contribution in [1.29, 1.82) is 0 Å². The minimum atomic E-state index is -5.80. The molecule has 81 heavy (non-hydrogen) atoms. The maximum absolute atomic E-state index is 13.1. The lowest BCUT2D eigenvalue weighted by Crippen LogP contribution is -2.33. The molecule has 1 saturated heterocycles. The van der Waals surface area contributed by atoms with Crippen LogP contribution in [-0.2, 0) is 71.5 Å². The number of phosphoric ester groups is 1. The largest absolute Gasteiger partial charge is 0.490 e. The van der Waals surface area contributed by atoms with E-state index < -0.39 is 80.7 Å². The van der Waals surface area contributed by atoms with Crippen molar-refractivity contribution >= 4 is 80.6 Å². The van der Waals surface area contributed by atoms with Crippen LogP contribution in [-0.4, -0.2) is 120 Å². The number of ether oxygens (including phenoxy) is 1. The molecule has 0 spiro atoms. The predicted molar refractivity (Wildman–Crippen MR) is 292 cm³/mol. The van der Waals surface area contributed by atoms with Crippen LogP contribution in [0.5, 0.6) is 0 Å². The Bertz CT molecular complexity index is 3340. The zero-order valence-electron chi connectivity index (χ0n) is 44.6. The number of phosphoric acid groups is 3. The molecule has 2 aromatic carbocycles. The summed E-state index contributed by atoms with van der Waals surface area (Å²) in [5.74, 6) is -0.471. The summed E-state index contributed by atoms with van der Waals surface area (Å²) in [6.45, 7) is 10.9. The van der Waals surface area contributed by atoms with E-state index in [0.717, 1.165) is 56.0 Å². The molecule has 0 bridgehead atoms. The monoisotopic (exact) mass is 1240 g/mol. The topological polar surface area (TPSA) is 402 Å². The number of nitrogens with one attached hydrogen (secondary N) is 3. The third kappa shape index (κ3) is 17.0. The van der Waals surface area contributed by atoms with Gasteiger partial charge < -0.3 is 45.0 Å². The van der Waals surface area contributed by atoms with Gasteiger partial charge in [0.25, 0.3) is 15.7 Å². The van der Waals surface area contributed by atoms with E-state index in [0.29, 0.717) is 57.3 Å². The summed E-state index contributed by atoms with van der Waals surface area (Å²) in [6.07, 6.45) is 8.42. The summed E-state index contributed by atoms with van der Waals surface area (Å²) in [5.41, 5.74) is 2.50. The molecule has 10 N–H and O–H groups in total. The SMILES string of the molecule is CCN1/C(=C/C=C/C2=[N+](CC)c3ccc(SOOO)cc3C2(C)C)C(C)(CCCC(=O)NCCCCCC(=O)NC/C=C/c2cn([C@H]3C[C@@H](O)[C@@H](COP(=O)(O)OP(=O)(O)OP(=O)(O)O)O3)c(=O)[nH]c2=O)c2cc(S(=O)(=O)O)ccc21. The molecule has 1 fully saturated rings. The van der Waals surface area contributed by atoms with E-state index in [2.05, 4.69) is 74.5 Å². The van der Waals surface area contributed by atoms with E-state index in [9.17, 15) is 60.7 Å². The Morgan fingerprint density at radius 1 is 0.938 bits per heavy atom. The van der Waals surface area contributed by atoms with E-state index in [1.165, 1.54) is 24.3 Å². The highest BCUT2D eigenvalue weighted by molar-refractivity contribution is 7.94. The van der Waals surface area contributed by atoms with Gasteiger partial charge in [-0.25, -0.2) is 23.7 Å². The lowest BCUT2D eigenvalue weighted by atomic mass is 9.77. The Hall–Kier alpha value is -4.78. The summed E-state index contributed by atoms with van der Waals surface area (Å²) in [7, 11) is -21.5. The van der Waals surface area contributed by atoms with Crippen LogP contribution >= 0.6 is 35.5 Å². The summed E-state index contributed by atoms with van der Waals surface area (Å²) in [4.78, 5) is 92.1. The van der Waals surface area contributed by atoms with Crippen LogP contribution in [0.25, 0.3) is 6.08 Å². The lowest BCUT2D eigenvalue weighted by Gasteiger charge is -2.30. The Balaban J connectivity index is 0.967. The van der Waals surface area contributed by atoms with Crippen LogP contribution in [0.2, 0.25) is 0 Å². The highest BCUT2D eigenvalue weighted by Gasteiger charge is 2.46. The van der Waals surface area contributed by atoms with Gasteiger partial charge in [-0.15, -0.1) is 4.33 Å². The van der Waals surface area contributed by atoms with Crippen molar-refractivity contribution in [2.45, 2.75) is 125 Å². The molecule has 3 aliphatic heterocycles. The highest BCUT2D eigenvalue weighted by atomic mass is 32.2. The number of carbonyl (C=O) groups is 2. The molecule has 2 amide bonds. The molecule has 0 radical (unpaired) electrons. The number of fused-ring (bicyclic) bond motifs is 2. The molecule has 446 valence electrons. The second-order valence-electron chi connectivity index (χ2n) is 19.6. The van der Waals surface area contributed by atoms with Gasteiger partial charge in [-0.2, -0.15) is 21.6 Å². The van der Waals surface area contributed by atoms with Crippen LogP contribution in [0.15, 0.2) is 92.0 Å². The van der Waals surface area contributed by atoms with Crippen LogP contribution in [0.3, 0.4) is 0 Å². The van der Waals surface area contributed by atoms with Crippen molar-refractivity contribution in [3.05, 3.63) is 110 Å². The van der Waals surface area contributed by atoms with Gasteiger partial charge in [-0.1, -0.05) is 29.7 Å². The number of anilines is 1. The number of rotatable bonds is 29. The minimum absolute atomic E-state index is 0.00197. The smallest absolute Gasteiger partial charge is 0.390 e. The number of aromatic amines is 1. The van der Waals surface area contributed by atoms with Gasteiger partial charge in [0.1, 0.15) is 18.9 Å². The fourth-order valence-electron chi connectivity index (χ4n) is 9.92. The van der Waals surface area contributed by atoms with Crippen molar-refractivity contribution in [2.75, 3.05) is 37.7 Å². The van der Waals surface area contributed by atoms with Crippen molar-refractivity contribution < 1.29 is 98.0 Å². The second kappa shape index (κ2) is 27.3. The summed E-state index contributed by atoms with van der Waals surface area (Å²) >= 11 is 0.884. The first-order valence-corrected chi connectivity index (χ1v) is 32.0. The fraction of sp³-hybridized carbons (Fsp3) is 0.479. The molecule has 28 nitrogen and oxygen atoms in total. The second-order valence-corrected chi connectivity index (χ2v) is 26.2. The number of hydrogen-bond donors (Lipinski definition) is 10. The summed E-state index contributed by atoms with van der Waals surface area (Å²) < 4.78 is 94.5. The van der Waals surface area contributed by atoms with Gasteiger partial charge in [0.15, 0.2) is 5.71 Å². The number of aliphatic hydroxyl groups is 1.